The highest BCUT2D eigenvalue weighted by molar-refractivity contribution is 5.94. The van der Waals surface area contributed by atoms with Crippen molar-refractivity contribution >= 4 is 11.5 Å². The summed E-state index contributed by atoms with van der Waals surface area (Å²) >= 11 is 0. The number of nitrogens with zero attached hydrogens (tertiary/aromatic N) is 1. The lowest BCUT2D eigenvalue weighted by Crippen LogP contribution is -2.39. The molecule has 0 aromatic heterocycles. The molecule has 26 heavy (non-hydrogen) atoms. The van der Waals surface area contributed by atoms with Crippen molar-refractivity contribution in [1.29, 1.82) is 0 Å². The van der Waals surface area contributed by atoms with Gasteiger partial charge in [0.1, 0.15) is 12.7 Å². The third-order valence-electron chi connectivity index (χ3n) is 4.76. The van der Waals surface area contributed by atoms with Gasteiger partial charge in [-0.05, 0) is 50.1 Å². The zero-order valence-corrected chi connectivity index (χ0v) is 15.4. The largest absolute Gasteiger partial charge is 0.493 e. The number of ether oxygens (including phenoxy) is 2. The molecule has 1 aliphatic rings. The van der Waals surface area contributed by atoms with E-state index < -0.39 is 6.10 Å². The molecular weight excluding hydrogens is 330 g/mol. The van der Waals surface area contributed by atoms with Gasteiger partial charge in [-0.1, -0.05) is 18.2 Å². The van der Waals surface area contributed by atoms with E-state index in [0.29, 0.717) is 29.6 Å². The lowest BCUT2D eigenvalue weighted by Gasteiger charge is -2.27. The van der Waals surface area contributed by atoms with Crippen LogP contribution >= 0.6 is 0 Å². The lowest BCUT2D eigenvalue weighted by atomic mass is 10.1. The molecule has 1 aliphatic heterocycles. The number of para-hydroxylation sites is 1. The number of fused-ring (bicyclic) bond motifs is 1. The fourth-order valence-electron chi connectivity index (χ4n) is 3.38. The van der Waals surface area contributed by atoms with E-state index in [9.17, 15) is 9.90 Å². The Morgan fingerprint density at radius 3 is 2.77 bits per heavy atom. The van der Waals surface area contributed by atoms with Gasteiger partial charge in [-0.15, -0.1) is 0 Å². The first-order chi connectivity index (χ1) is 12.5. The minimum Gasteiger partial charge on any atom is -0.493 e. The number of hydrogen-bond acceptors (Lipinski definition) is 5. The summed E-state index contributed by atoms with van der Waals surface area (Å²) in [6.45, 7) is 4.33. The highest BCUT2D eigenvalue weighted by Gasteiger charge is 2.27. The number of anilines is 1. The zero-order valence-electron chi connectivity index (χ0n) is 15.4. The molecule has 0 aliphatic carbocycles. The molecule has 2 atom stereocenters. The summed E-state index contributed by atoms with van der Waals surface area (Å²) in [5.74, 6) is 0.979. The Bertz CT molecular complexity index is 789. The van der Waals surface area contributed by atoms with Crippen LogP contribution in [-0.2, 0) is 6.42 Å². The smallest absolute Gasteiger partial charge is 0.161 e. The first kappa shape index (κ1) is 18.3. The monoisotopic (exact) mass is 355 g/mol. The van der Waals surface area contributed by atoms with Gasteiger partial charge in [-0.25, -0.2) is 0 Å². The quantitative estimate of drug-likeness (QED) is 0.774. The van der Waals surface area contributed by atoms with Crippen molar-refractivity contribution in [1.82, 2.24) is 0 Å². The van der Waals surface area contributed by atoms with Crippen LogP contribution in [0.1, 0.15) is 29.8 Å². The van der Waals surface area contributed by atoms with Gasteiger partial charge in [0.15, 0.2) is 17.3 Å². The number of β-amino-alcohol motifs (C(OH)–C–C–N with tert-alkyl or cyclic N) is 1. The van der Waals surface area contributed by atoms with Gasteiger partial charge in [0.2, 0.25) is 0 Å². The van der Waals surface area contributed by atoms with Crippen LogP contribution in [-0.4, -0.2) is 43.3 Å². The van der Waals surface area contributed by atoms with Gasteiger partial charge < -0.3 is 19.5 Å². The summed E-state index contributed by atoms with van der Waals surface area (Å²) in [5.41, 5.74) is 3.06. The number of hydrogen-bond donors (Lipinski definition) is 1. The van der Waals surface area contributed by atoms with E-state index in [1.54, 1.807) is 18.2 Å². The predicted octanol–water partition coefficient (Wildman–Crippen LogP) is 3.09. The second-order valence-corrected chi connectivity index (χ2v) is 6.72. The molecule has 138 valence electrons. The maximum absolute atomic E-state index is 11.5. The van der Waals surface area contributed by atoms with E-state index in [2.05, 4.69) is 24.0 Å². The van der Waals surface area contributed by atoms with Crippen LogP contribution in [0.4, 0.5) is 5.69 Å². The molecular formula is C21H25NO4. The minimum absolute atomic E-state index is 0.0310. The summed E-state index contributed by atoms with van der Waals surface area (Å²) in [6, 6.07) is 13.7. The van der Waals surface area contributed by atoms with E-state index >= 15 is 0 Å². The Balaban J connectivity index is 1.63. The summed E-state index contributed by atoms with van der Waals surface area (Å²) < 4.78 is 11.0. The van der Waals surface area contributed by atoms with Gasteiger partial charge in [-0.2, -0.15) is 0 Å². The molecule has 2 aromatic rings. The number of aliphatic hydroxyl groups is 1. The van der Waals surface area contributed by atoms with Crippen LogP contribution < -0.4 is 14.4 Å². The highest BCUT2D eigenvalue weighted by Crippen LogP contribution is 2.32. The van der Waals surface area contributed by atoms with Crippen molar-refractivity contribution in [3.8, 4) is 11.5 Å². The first-order valence-corrected chi connectivity index (χ1v) is 8.84. The molecule has 0 amide bonds. The van der Waals surface area contributed by atoms with Gasteiger partial charge in [0.05, 0.1) is 7.11 Å². The number of methoxy groups -OCH3 is 1. The molecule has 0 radical (unpaired) electrons. The second-order valence-electron chi connectivity index (χ2n) is 6.72. The van der Waals surface area contributed by atoms with Crippen LogP contribution in [0.2, 0.25) is 0 Å². The SMILES string of the molecule is COc1cc(C(C)=O)ccc1OCC(O)CN1c2ccccc2CC1C. The number of benzene rings is 2. The number of ketones is 1. The van der Waals surface area contributed by atoms with Crippen LogP contribution in [0.15, 0.2) is 42.5 Å². The highest BCUT2D eigenvalue weighted by atomic mass is 16.5. The molecule has 2 unspecified atom stereocenters. The van der Waals surface area contributed by atoms with E-state index in [1.807, 2.05) is 12.1 Å². The maximum Gasteiger partial charge on any atom is 0.161 e. The van der Waals surface area contributed by atoms with E-state index in [4.69, 9.17) is 9.47 Å². The third-order valence-corrected chi connectivity index (χ3v) is 4.76. The first-order valence-electron chi connectivity index (χ1n) is 8.84. The van der Waals surface area contributed by atoms with Gasteiger partial charge in [-0.3, -0.25) is 4.79 Å². The Morgan fingerprint density at radius 1 is 1.27 bits per heavy atom. The normalized spacial score (nSPS) is 16.9. The van der Waals surface area contributed by atoms with Crippen molar-refractivity contribution in [3.63, 3.8) is 0 Å². The standard InChI is InChI=1S/C21H25NO4/c1-14-10-17-6-4-5-7-19(17)22(14)12-18(24)13-26-20-9-8-16(15(2)23)11-21(20)25-3/h4-9,11,14,18,24H,10,12-13H2,1-3H3. The summed E-state index contributed by atoms with van der Waals surface area (Å²) in [7, 11) is 1.53. The molecule has 0 saturated heterocycles. The third kappa shape index (κ3) is 3.83. The molecule has 2 aromatic carbocycles. The fourth-order valence-corrected chi connectivity index (χ4v) is 3.38. The van der Waals surface area contributed by atoms with Crippen LogP contribution in [0.5, 0.6) is 11.5 Å². The number of aliphatic hydroxyl groups excluding tert-OH is 1. The van der Waals surface area contributed by atoms with E-state index in [0.717, 1.165) is 6.42 Å². The van der Waals surface area contributed by atoms with Gasteiger partial charge in [0.25, 0.3) is 0 Å². The minimum atomic E-state index is -0.638. The van der Waals surface area contributed by atoms with Crippen molar-refractivity contribution in [2.75, 3.05) is 25.2 Å². The van der Waals surface area contributed by atoms with Crippen molar-refractivity contribution in [2.45, 2.75) is 32.4 Å². The van der Waals surface area contributed by atoms with Gasteiger partial charge in [0, 0.05) is 23.8 Å². The Hall–Kier alpha value is -2.53. The maximum atomic E-state index is 11.5. The van der Waals surface area contributed by atoms with Crippen LogP contribution in [0.25, 0.3) is 0 Å². The Labute approximate surface area is 154 Å². The molecule has 3 rings (SSSR count). The van der Waals surface area contributed by atoms with Crippen LogP contribution in [0, 0.1) is 0 Å². The number of Topliss-reactive ketones (excluding diaryl/α,β-unsaturated/α-hetero) is 1. The summed E-state index contributed by atoms with van der Waals surface area (Å²) in [5, 5.41) is 10.5. The number of carbonyl (C=O) groups excluding carboxylic acids is 1. The summed E-state index contributed by atoms with van der Waals surface area (Å²) in [4.78, 5) is 13.7. The molecule has 0 saturated carbocycles. The molecule has 1 heterocycles. The average molecular weight is 355 g/mol. The Kier molecular flexibility index (Phi) is 5.47. The number of rotatable bonds is 7. The lowest BCUT2D eigenvalue weighted by molar-refractivity contribution is 0.101. The zero-order chi connectivity index (χ0) is 18.7. The van der Waals surface area contributed by atoms with Crippen molar-refractivity contribution < 1.29 is 19.4 Å². The van der Waals surface area contributed by atoms with Crippen LogP contribution in [0.3, 0.4) is 0 Å². The average Bonchev–Trinajstić information content (AvgIpc) is 2.95. The molecule has 1 N–H and O–H groups in total. The fraction of sp³-hybridized carbons (Fsp3) is 0.381. The molecule has 0 fully saturated rings. The topological polar surface area (TPSA) is 59.0 Å². The molecule has 0 bridgehead atoms. The van der Waals surface area contributed by atoms with Crippen molar-refractivity contribution in [2.24, 2.45) is 0 Å². The molecule has 5 heteroatoms. The summed E-state index contributed by atoms with van der Waals surface area (Å²) in [6.07, 6.45) is 0.352. The predicted molar refractivity (Wildman–Crippen MR) is 101 cm³/mol. The van der Waals surface area contributed by atoms with E-state index in [-0.39, 0.29) is 12.4 Å². The van der Waals surface area contributed by atoms with E-state index in [1.165, 1.54) is 25.3 Å². The van der Waals surface area contributed by atoms with Crippen molar-refractivity contribution in [3.05, 3.63) is 53.6 Å². The van der Waals surface area contributed by atoms with Gasteiger partial charge >= 0.3 is 0 Å². The Morgan fingerprint density at radius 2 is 2.04 bits per heavy atom. The number of carbonyl (C=O) groups is 1. The molecule has 5 nitrogen and oxygen atoms in total. The molecule has 0 spiro atoms. The second kappa shape index (κ2) is 7.79.